The van der Waals surface area contributed by atoms with E-state index in [1.165, 1.54) is 6.92 Å². The lowest BCUT2D eigenvalue weighted by atomic mass is 10.0. The Morgan fingerprint density at radius 3 is 2.38 bits per heavy atom. The van der Waals surface area contributed by atoms with E-state index in [0.29, 0.717) is 0 Å². The molecule has 1 rings (SSSR count). The van der Waals surface area contributed by atoms with Crippen LogP contribution in [-0.4, -0.2) is 52.5 Å². The molecule has 0 aromatic heterocycles. The smallest absolute Gasteiger partial charge is 0.295 e. The predicted octanol–water partition coefficient (Wildman–Crippen LogP) is -2.01. The molecule has 3 N–H and O–H groups in total. The number of hydrogen-bond acceptors (Lipinski definition) is 6. The summed E-state index contributed by atoms with van der Waals surface area (Å²) in [6.45, 7) is 1.62. The molecule has 5 atom stereocenters. The molecule has 0 amide bonds. The summed E-state index contributed by atoms with van der Waals surface area (Å²) in [5.74, 6) is 0. The third-order valence-corrected chi connectivity index (χ3v) is 2.00. The van der Waals surface area contributed by atoms with Gasteiger partial charge in [0.15, 0.2) is 0 Å². The average molecular weight is 192 g/mol. The van der Waals surface area contributed by atoms with Gasteiger partial charge in [-0.15, -0.1) is 0 Å². The Hall–Kier alpha value is -0.690. The highest BCUT2D eigenvalue weighted by molar-refractivity contribution is 5.37. The van der Waals surface area contributed by atoms with Crippen molar-refractivity contribution in [1.29, 1.82) is 0 Å². The summed E-state index contributed by atoms with van der Waals surface area (Å²) in [6.07, 6.45) is -5.87. The SMILES string of the molecule is C[C@@H]1OC(OC=O)[C@H](O)[C@H](O)C1O. The second-order valence-corrected chi connectivity index (χ2v) is 2.91. The predicted molar refractivity (Wildman–Crippen MR) is 39.5 cm³/mol. The fourth-order valence-electron chi connectivity index (χ4n) is 1.18. The van der Waals surface area contributed by atoms with Gasteiger partial charge < -0.3 is 24.8 Å². The van der Waals surface area contributed by atoms with Crippen LogP contribution in [-0.2, 0) is 14.3 Å². The van der Waals surface area contributed by atoms with Gasteiger partial charge in [0.05, 0.1) is 6.10 Å². The average Bonchev–Trinajstić information content (AvgIpc) is 2.11. The zero-order chi connectivity index (χ0) is 10.0. The number of ether oxygens (including phenoxy) is 2. The second kappa shape index (κ2) is 4.01. The lowest BCUT2D eigenvalue weighted by Crippen LogP contribution is -2.57. The third-order valence-electron chi connectivity index (χ3n) is 2.00. The van der Waals surface area contributed by atoms with Gasteiger partial charge in [-0.25, -0.2) is 0 Å². The molecule has 1 saturated heterocycles. The first-order valence-electron chi connectivity index (χ1n) is 3.86. The largest absolute Gasteiger partial charge is 0.435 e. The lowest BCUT2D eigenvalue weighted by molar-refractivity contribution is -0.280. The maximum absolute atomic E-state index is 9.96. The van der Waals surface area contributed by atoms with E-state index in [-0.39, 0.29) is 6.47 Å². The molecule has 0 spiro atoms. The van der Waals surface area contributed by atoms with E-state index in [0.717, 1.165) is 0 Å². The van der Waals surface area contributed by atoms with Gasteiger partial charge in [0.2, 0.25) is 6.29 Å². The third kappa shape index (κ3) is 1.97. The Morgan fingerprint density at radius 1 is 1.23 bits per heavy atom. The Balaban J connectivity index is 2.64. The van der Waals surface area contributed by atoms with E-state index >= 15 is 0 Å². The van der Waals surface area contributed by atoms with E-state index in [4.69, 9.17) is 4.74 Å². The summed E-state index contributed by atoms with van der Waals surface area (Å²) in [7, 11) is 0. The number of aliphatic hydroxyl groups excluding tert-OH is 3. The standard InChI is InChI=1S/C7H12O6/c1-3-4(9)5(10)6(11)7(13-3)12-2-8/h2-7,9-11H,1H3/t3-,4?,5+,6+,7?/m0/s1. The number of aliphatic hydroxyl groups is 3. The quantitative estimate of drug-likeness (QED) is 0.437. The highest BCUT2D eigenvalue weighted by atomic mass is 16.7. The number of carbonyl (C=O) groups is 1. The van der Waals surface area contributed by atoms with Crippen molar-refractivity contribution in [3.05, 3.63) is 0 Å². The number of carbonyl (C=O) groups excluding carboxylic acids is 1. The van der Waals surface area contributed by atoms with Crippen LogP contribution in [0.3, 0.4) is 0 Å². The molecular formula is C7H12O6. The first-order valence-corrected chi connectivity index (χ1v) is 3.86. The molecule has 6 heteroatoms. The molecule has 6 nitrogen and oxygen atoms in total. The molecule has 1 aliphatic rings. The van der Waals surface area contributed by atoms with Crippen molar-refractivity contribution in [3.63, 3.8) is 0 Å². The van der Waals surface area contributed by atoms with E-state index in [1.54, 1.807) is 0 Å². The van der Waals surface area contributed by atoms with Crippen LogP contribution in [0.5, 0.6) is 0 Å². The minimum Gasteiger partial charge on any atom is -0.435 e. The van der Waals surface area contributed by atoms with Gasteiger partial charge in [-0.05, 0) is 6.92 Å². The van der Waals surface area contributed by atoms with E-state index in [1.807, 2.05) is 0 Å². The summed E-state index contributed by atoms with van der Waals surface area (Å²) in [4.78, 5) is 9.96. The molecular weight excluding hydrogens is 180 g/mol. The first kappa shape index (κ1) is 10.4. The zero-order valence-corrected chi connectivity index (χ0v) is 7.03. The molecule has 0 aromatic rings. The van der Waals surface area contributed by atoms with Crippen LogP contribution in [0.1, 0.15) is 6.92 Å². The van der Waals surface area contributed by atoms with Crippen LogP contribution in [0.4, 0.5) is 0 Å². The van der Waals surface area contributed by atoms with Crippen LogP contribution < -0.4 is 0 Å². The van der Waals surface area contributed by atoms with E-state index in [9.17, 15) is 20.1 Å². The van der Waals surface area contributed by atoms with Crippen LogP contribution in [0.2, 0.25) is 0 Å². The normalized spacial score (nSPS) is 45.7. The van der Waals surface area contributed by atoms with Crippen molar-refractivity contribution >= 4 is 6.47 Å². The fraction of sp³-hybridized carbons (Fsp3) is 0.857. The molecule has 13 heavy (non-hydrogen) atoms. The summed E-state index contributed by atoms with van der Waals surface area (Å²) in [5.41, 5.74) is 0. The molecule has 0 saturated carbocycles. The molecule has 0 aromatic carbocycles. The summed E-state index contributed by atoms with van der Waals surface area (Å²) in [5, 5.41) is 27.7. The highest BCUT2D eigenvalue weighted by Crippen LogP contribution is 2.20. The molecule has 0 radical (unpaired) electrons. The Kier molecular flexibility index (Phi) is 3.21. The van der Waals surface area contributed by atoms with Crippen molar-refractivity contribution in [2.45, 2.75) is 37.6 Å². The maximum atomic E-state index is 9.96. The topological polar surface area (TPSA) is 96.2 Å². The number of rotatable bonds is 2. The number of hydrogen-bond donors (Lipinski definition) is 3. The van der Waals surface area contributed by atoms with Crippen LogP contribution >= 0.6 is 0 Å². The fourth-order valence-corrected chi connectivity index (χ4v) is 1.18. The van der Waals surface area contributed by atoms with Crippen molar-refractivity contribution in [3.8, 4) is 0 Å². The van der Waals surface area contributed by atoms with Gasteiger partial charge in [-0.3, -0.25) is 4.79 Å². The van der Waals surface area contributed by atoms with Crippen LogP contribution in [0, 0.1) is 0 Å². The van der Waals surface area contributed by atoms with Gasteiger partial charge in [0.25, 0.3) is 6.47 Å². The van der Waals surface area contributed by atoms with E-state index < -0.39 is 30.7 Å². The zero-order valence-electron chi connectivity index (χ0n) is 7.03. The van der Waals surface area contributed by atoms with E-state index in [2.05, 4.69) is 4.74 Å². The van der Waals surface area contributed by atoms with Gasteiger partial charge in [-0.1, -0.05) is 0 Å². The molecule has 0 aliphatic carbocycles. The molecule has 1 aliphatic heterocycles. The molecule has 76 valence electrons. The van der Waals surface area contributed by atoms with Crippen LogP contribution in [0.25, 0.3) is 0 Å². The second-order valence-electron chi connectivity index (χ2n) is 2.91. The van der Waals surface area contributed by atoms with Crippen molar-refractivity contribution in [2.24, 2.45) is 0 Å². The molecule has 2 unspecified atom stereocenters. The Labute approximate surface area is 74.7 Å². The highest BCUT2D eigenvalue weighted by Gasteiger charge is 2.42. The molecule has 0 bridgehead atoms. The van der Waals surface area contributed by atoms with Gasteiger partial charge in [0, 0.05) is 0 Å². The molecule has 1 heterocycles. The summed E-state index contributed by atoms with van der Waals surface area (Å²) >= 11 is 0. The minimum atomic E-state index is -1.42. The van der Waals surface area contributed by atoms with Crippen molar-refractivity contribution < 1.29 is 29.6 Å². The summed E-state index contributed by atoms with van der Waals surface area (Å²) < 4.78 is 9.27. The van der Waals surface area contributed by atoms with Crippen molar-refractivity contribution in [1.82, 2.24) is 0 Å². The van der Waals surface area contributed by atoms with Gasteiger partial charge in [-0.2, -0.15) is 0 Å². The lowest BCUT2D eigenvalue weighted by Gasteiger charge is -2.37. The molecule has 1 fully saturated rings. The van der Waals surface area contributed by atoms with Gasteiger partial charge >= 0.3 is 0 Å². The maximum Gasteiger partial charge on any atom is 0.295 e. The summed E-state index contributed by atoms with van der Waals surface area (Å²) in [6, 6.07) is 0. The van der Waals surface area contributed by atoms with Gasteiger partial charge in [0.1, 0.15) is 18.3 Å². The Bertz CT molecular complexity index is 184. The minimum absolute atomic E-state index is 0.116. The van der Waals surface area contributed by atoms with Crippen LogP contribution in [0.15, 0.2) is 0 Å². The first-order chi connectivity index (χ1) is 6.07. The Morgan fingerprint density at radius 2 is 1.85 bits per heavy atom. The monoisotopic (exact) mass is 192 g/mol. The van der Waals surface area contributed by atoms with Crippen molar-refractivity contribution in [2.75, 3.05) is 0 Å².